The molecule has 1 aliphatic carbocycles. The molecule has 1 atom stereocenters. The largest absolute Gasteiger partial charge is 0.399 e. The molecule has 24 heavy (non-hydrogen) atoms. The summed E-state index contributed by atoms with van der Waals surface area (Å²) in [4.78, 5) is 21.2. The van der Waals surface area contributed by atoms with Crippen LogP contribution in [0.5, 0.6) is 0 Å². The second-order valence-electron chi connectivity index (χ2n) is 6.08. The van der Waals surface area contributed by atoms with E-state index in [4.69, 9.17) is 5.73 Å². The molecular weight excluding hydrogens is 306 g/mol. The average molecular weight is 327 g/mol. The van der Waals surface area contributed by atoms with Gasteiger partial charge in [-0.1, -0.05) is 6.07 Å². The molecule has 5 N–H and O–H groups in total. The van der Waals surface area contributed by atoms with E-state index in [2.05, 4.69) is 20.6 Å². The highest BCUT2D eigenvalue weighted by Crippen LogP contribution is 2.39. The highest BCUT2D eigenvalue weighted by Gasteiger charge is 2.26. The van der Waals surface area contributed by atoms with E-state index in [0.29, 0.717) is 28.9 Å². The summed E-state index contributed by atoms with van der Waals surface area (Å²) in [7, 11) is 0. The van der Waals surface area contributed by atoms with Crippen LogP contribution in [0.1, 0.15) is 41.7 Å². The van der Waals surface area contributed by atoms with E-state index >= 15 is 0 Å². The van der Waals surface area contributed by atoms with Crippen molar-refractivity contribution in [2.24, 2.45) is 0 Å². The number of nitrogens with zero attached hydrogens (tertiary/aromatic N) is 2. The number of hydrogen-bond acceptors (Lipinski definition) is 6. The molecule has 7 nitrogen and oxygen atoms in total. The summed E-state index contributed by atoms with van der Waals surface area (Å²) in [6, 6.07) is 8.40. The van der Waals surface area contributed by atoms with Gasteiger partial charge in [-0.3, -0.25) is 4.79 Å². The molecule has 126 valence electrons. The zero-order valence-corrected chi connectivity index (χ0v) is 13.5. The lowest BCUT2D eigenvalue weighted by molar-refractivity contribution is 0.102. The first-order valence-electron chi connectivity index (χ1n) is 7.98. The topological polar surface area (TPSA) is 113 Å². The van der Waals surface area contributed by atoms with Crippen LogP contribution in [-0.4, -0.2) is 33.6 Å². The van der Waals surface area contributed by atoms with E-state index in [-0.39, 0.29) is 18.6 Å². The molecule has 1 fully saturated rings. The van der Waals surface area contributed by atoms with Gasteiger partial charge in [0.2, 0.25) is 5.95 Å². The Morgan fingerprint density at radius 2 is 2.17 bits per heavy atom. The van der Waals surface area contributed by atoms with E-state index in [1.807, 2.05) is 6.92 Å². The van der Waals surface area contributed by atoms with Crippen LogP contribution in [0.2, 0.25) is 0 Å². The highest BCUT2D eigenvalue weighted by atomic mass is 16.3. The first-order chi connectivity index (χ1) is 11.5. The zero-order valence-electron chi connectivity index (χ0n) is 13.5. The Morgan fingerprint density at radius 1 is 1.38 bits per heavy atom. The number of carbonyl (C=O) groups is 1. The van der Waals surface area contributed by atoms with Gasteiger partial charge >= 0.3 is 0 Å². The molecule has 3 rings (SSSR count). The van der Waals surface area contributed by atoms with Crippen molar-refractivity contribution in [1.29, 1.82) is 0 Å². The van der Waals surface area contributed by atoms with Gasteiger partial charge < -0.3 is 21.5 Å². The minimum Gasteiger partial charge on any atom is -0.399 e. The minimum atomic E-state index is -0.274. The molecule has 1 heterocycles. The Hall–Kier alpha value is -2.67. The molecule has 1 amide bonds. The van der Waals surface area contributed by atoms with Crippen molar-refractivity contribution in [2.45, 2.75) is 31.7 Å². The predicted octanol–water partition coefficient (Wildman–Crippen LogP) is 1.98. The molecule has 0 unspecified atom stereocenters. The van der Waals surface area contributed by atoms with Crippen LogP contribution in [0, 0.1) is 0 Å². The summed E-state index contributed by atoms with van der Waals surface area (Å²) in [5.74, 6) is 0.987. The standard InChI is InChI=1S/C17H21N5O2/c1-10(9-23)19-17-20-14(11-5-6-11)8-15(22-17)21-16(24)12-3-2-4-13(18)7-12/h2-4,7-8,10-11,23H,5-6,9,18H2,1H3,(H2,19,20,21,22,24)/t10-/m0/s1. The third-order valence-corrected chi connectivity index (χ3v) is 3.78. The second-order valence-corrected chi connectivity index (χ2v) is 6.08. The van der Waals surface area contributed by atoms with Crippen LogP contribution in [-0.2, 0) is 0 Å². The summed E-state index contributed by atoms with van der Waals surface area (Å²) in [6.07, 6.45) is 2.18. The average Bonchev–Trinajstić information content (AvgIpc) is 3.39. The van der Waals surface area contributed by atoms with Crippen LogP contribution in [0.4, 0.5) is 17.5 Å². The zero-order chi connectivity index (χ0) is 17.1. The molecule has 7 heteroatoms. The van der Waals surface area contributed by atoms with Crippen molar-refractivity contribution >= 4 is 23.4 Å². The van der Waals surface area contributed by atoms with Gasteiger partial charge in [0.25, 0.3) is 5.91 Å². The number of carbonyl (C=O) groups excluding carboxylic acids is 1. The van der Waals surface area contributed by atoms with Crippen molar-refractivity contribution in [3.8, 4) is 0 Å². The van der Waals surface area contributed by atoms with Crippen LogP contribution in [0.3, 0.4) is 0 Å². The summed E-state index contributed by atoms with van der Waals surface area (Å²) in [6.45, 7) is 1.81. The van der Waals surface area contributed by atoms with Gasteiger partial charge in [0.15, 0.2) is 0 Å². The Kier molecular flexibility index (Phi) is 4.61. The van der Waals surface area contributed by atoms with Gasteiger partial charge in [-0.15, -0.1) is 0 Å². The van der Waals surface area contributed by atoms with Gasteiger partial charge in [-0.05, 0) is 38.0 Å². The van der Waals surface area contributed by atoms with Crippen molar-refractivity contribution in [3.05, 3.63) is 41.6 Å². The number of hydrogen-bond donors (Lipinski definition) is 4. The van der Waals surface area contributed by atoms with E-state index in [9.17, 15) is 9.90 Å². The van der Waals surface area contributed by atoms with Crippen LogP contribution >= 0.6 is 0 Å². The smallest absolute Gasteiger partial charge is 0.256 e. The van der Waals surface area contributed by atoms with Crippen LogP contribution in [0.15, 0.2) is 30.3 Å². The molecule has 1 saturated carbocycles. The quantitative estimate of drug-likeness (QED) is 0.603. The number of nitrogens with one attached hydrogen (secondary N) is 2. The third-order valence-electron chi connectivity index (χ3n) is 3.78. The molecule has 0 spiro atoms. The summed E-state index contributed by atoms with van der Waals surface area (Å²) in [5, 5.41) is 15.0. The van der Waals surface area contributed by atoms with Crippen LogP contribution < -0.4 is 16.4 Å². The Labute approximate surface area is 140 Å². The van der Waals surface area contributed by atoms with Crippen molar-refractivity contribution in [3.63, 3.8) is 0 Å². The number of benzene rings is 1. The number of amides is 1. The molecule has 0 aliphatic heterocycles. The van der Waals surface area contributed by atoms with E-state index in [1.165, 1.54) is 0 Å². The molecule has 1 aromatic heterocycles. The molecule has 2 aromatic rings. The Balaban J connectivity index is 1.82. The number of aliphatic hydroxyl groups is 1. The van der Waals surface area contributed by atoms with Gasteiger partial charge in [-0.25, -0.2) is 4.98 Å². The van der Waals surface area contributed by atoms with Gasteiger partial charge in [-0.2, -0.15) is 4.98 Å². The fourth-order valence-corrected chi connectivity index (χ4v) is 2.32. The lowest BCUT2D eigenvalue weighted by Gasteiger charge is -2.13. The van der Waals surface area contributed by atoms with E-state index in [1.54, 1.807) is 30.3 Å². The summed E-state index contributed by atoms with van der Waals surface area (Å²) in [5.41, 5.74) is 7.62. The minimum absolute atomic E-state index is 0.0258. The predicted molar refractivity (Wildman–Crippen MR) is 93.0 cm³/mol. The van der Waals surface area contributed by atoms with Crippen molar-refractivity contribution in [1.82, 2.24) is 9.97 Å². The molecule has 1 aliphatic rings. The first-order valence-corrected chi connectivity index (χ1v) is 7.98. The number of aromatic nitrogens is 2. The van der Waals surface area contributed by atoms with Gasteiger partial charge in [0, 0.05) is 29.3 Å². The lowest BCUT2D eigenvalue weighted by atomic mass is 10.2. The van der Waals surface area contributed by atoms with Gasteiger partial charge in [0.1, 0.15) is 5.82 Å². The molecule has 0 bridgehead atoms. The molecular formula is C17H21N5O2. The number of anilines is 3. The van der Waals surface area contributed by atoms with E-state index < -0.39 is 0 Å². The first kappa shape index (κ1) is 16.2. The van der Waals surface area contributed by atoms with Gasteiger partial charge in [0.05, 0.1) is 12.3 Å². The fourth-order valence-electron chi connectivity index (χ4n) is 2.32. The normalized spacial score (nSPS) is 14.9. The molecule has 0 saturated heterocycles. The Bertz CT molecular complexity index is 746. The number of aliphatic hydroxyl groups excluding tert-OH is 1. The second kappa shape index (κ2) is 6.84. The number of rotatable bonds is 6. The Morgan fingerprint density at radius 3 is 2.83 bits per heavy atom. The van der Waals surface area contributed by atoms with Crippen molar-refractivity contribution < 1.29 is 9.90 Å². The highest BCUT2D eigenvalue weighted by molar-refractivity contribution is 6.04. The third kappa shape index (κ3) is 3.99. The number of nitrogens with two attached hydrogens (primary N) is 1. The lowest BCUT2D eigenvalue weighted by Crippen LogP contribution is -2.22. The summed E-state index contributed by atoms with van der Waals surface area (Å²) < 4.78 is 0. The fraction of sp³-hybridized carbons (Fsp3) is 0.353. The van der Waals surface area contributed by atoms with Crippen LogP contribution in [0.25, 0.3) is 0 Å². The van der Waals surface area contributed by atoms with Crippen molar-refractivity contribution in [2.75, 3.05) is 23.0 Å². The monoisotopic (exact) mass is 327 g/mol. The maximum Gasteiger partial charge on any atom is 0.256 e. The van der Waals surface area contributed by atoms with E-state index in [0.717, 1.165) is 18.5 Å². The SMILES string of the molecule is C[C@@H](CO)Nc1nc(NC(=O)c2cccc(N)c2)cc(C2CC2)n1. The number of nitrogen functional groups attached to an aromatic ring is 1. The maximum absolute atomic E-state index is 12.4. The summed E-state index contributed by atoms with van der Waals surface area (Å²) >= 11 is 0. The molecule has 1 aromatic carbocycles. The molecule has 0 radical (unpaired) electrons. The maximum atomic E-state index is 12.4.